The van der Waals surface area contributed by atoms with Gasteiger partial charge in [0.25, 0.3) is 0 Å². The fourth-order valence-electron chi connectivity index (χ4n) is 6.70. The van der Waals surface area contributed by atoms with Gasteiger partial charge in [-0.05, 0) is 36.5 Å². The molecule has 2 fully saturated rings. The molecule has 0 bridgehead atoms. The summed E-state index contributed by atoms with van der Waals surface area (Å²) in [6, 6.07) is 6.31. The van der Waals surface area contributed by atoms with Gasteiger partial charge in [-0.3, -0.25) is 9.69 Å². The van der Waals surface area contributed by atoms with Crippen molar-refractivity contribution in [2.75, 3.05) is 39.9 Å². The molecular weight excluding hydrogens is 402 g/mol. The predicted octanol–water partition coefficient (Wildman–Crippen LogP) is 3.61. The maximum Gasteiger partial charge on any atom is 0.222 e. The summed E-state index contributed by atoms with van der Waals surface area (Å²) < 4.78 is 7.78. The number of amides is 1. The summed E-state index contributed by atoms with van der Waals surface area (Å²) in [5.74, 6) is 1.79. The summed E-state index contributed by atoms with van der Waals surface area (Å²) in [5.41, 5.74) is 3.65. The zero-order valence-electron chi connectivity index (χ0n) is 19.8. The molecule has 6 nitrogen and oxygen atoms in total. The molecule has 1 aromatic heterocycles. The zero-order valence-corrected chi connectivity index (χ0v) is 19.8. The minimum atomic E-state index is -0.0609. The quantitative estimate of drug-likeness (QED) is 0.773. The maximum atomic E-state index is 12.5. The number of aromatic nitrogens is 1. The molecule has 1 aromatic carbocycles. The number of methoxy groups -OCH3 is 1. The SMILES string of the molecule is CCC(=O)N1CC2(C1)CN(CC1CCCCC1)[C@H](CO)c1c2c2ccc(OC)cc2n1C. The standard InChI is InChI=1S/C26H37N3O3/c1-4-23(31)29-16-26(17-29)15-28(13-18-8-6-5-7-9-18)22(14-30)25-24(26)20-11-10-19(32-3)12-21(20)27(25)2/h10-12,18,22,30H,4-9,13-17H2,1-3H3/t22-/m1/s1. The molecule has 0 unspecified atom stereocenters. The molecule has 3 aliphatic rings. The lowest BCUT2D eigenvalue weighted by Crippen LogP contribution is -2.67. The Morgan fingerprint density at radius 3 is 2.59 bits per heavy atom. The van der Waals surface area contributed by atoms with Crippen LogP contribution in [0.15, 0.2) is 18.2 Å². The second-order valence-corrected chi connectivity index (χ2v) is 10.2. The Kier molecular flexibility index (Phi) is 5.70. The van der Waals surface area contributed by atoms with Crippen molar-refractivity contribution in [3.63, 3.8) is 0 Å². The van der Waals surface area contributed by atoms with Gasteiger partial charge in [-0.1, -0.05) is 26.2 Å². The van der Waals surface area contributed by atoms with E-state index in [0.29, 0.717) is 12.3 Å². The first-order valence-corrected chi connectivity index (χ1v) is 12.3. The molecule has 6 heteroatoms. The summed E-state index contributed by atoms with van der Waals surface area (Å²) in [6.45, 7) is 5.57. The summed E-state index contributed by atoms with van der Waals surface area (Å²) in [6.07, 6.45) is 7.15. The van der Waals surface area contributed by atoms with Crippen molar-refractivity contribution in [2.24, 2.45) is 13.0 Å². The molecule has 1 atom stereocenters. The van der Waals surface area contributed by atoms with Gasteiger partial charge in [0.2, 0.25) is 5.91 Å². The van der Waals surface area contributed by atoms with Crippen LogP contribution in [0.25, 0.3) is 10.9 Å². The van der Waals surface area contributed by atoms with Crippen LogP contribution in [0.4, 0.5) is 0 Å². The molecule has 2 aromatic rings. The number of aliphatic hydroxyl groups is 1. The van der Waals surface area contributed by atoms with Crippen molar-refractivity contribution in [1.29, 1.82) is 0 Å². The average Bonchev–Trinajstić information content (AvgIpc) is 3.09. The molecule has 0 radical (unpaired) electrons. The number of hydrogen-bond donors (Lipinski definition) is 1. The lowest BCUT2D eigenvalue weighted by atomic mass is 9.68. The van der Waals surface area contributed by atoms with Gasteiger partial charge in [0, 0.05) is 62.2 Å². The molecule has 1 aliphatic carbocycles. The van der Waals surface area contributed by atoms with E-state index in [9.17, 15) is 9.90 Å². The van der Waals surface area contributed by atoms with Crippen LogP contribution in [0.2, 0.25) is 0 Å². The third-order valence-electron chi connectivity index (χ3n) is 8.28. The van der Waals surface area contributed by atoms with Crippen molar-refractivity contribution in [1.82, 2.24) is 14.4 Å². The smallest absolute Gasteiger partial charge is 0.222 e. The third kappa shape index (κ3) is 3.34. The van der Waals surface area contributed by atoms with Crippen molar-refractivity contribution < 1.29 is 14.6 Å². The van der Waals surface area contributed by atoms with E-state index < -0.39 is 0 Å². The summed E-state index contributed by atoms with van der Waals surface area (Å²) in [5, 5.41) is 11.8. The van der Waals surface area contributed by atoms with E-state index in [4.69, 9.17) is 4.74 Å². The van der Waals surface area contributed by atoms with Gasteiger partial charge in [-0.25, -0.2) is 0 Å². The van der Waals surface area contributed by atoms with Crippen molar-refractivity contribution in [3.8, 4) is 5.75 Å². The van der Waals surface area contributed by atoms with E-state index in [1.807, 2.05) is 17.9 Å². The first-order valence-electron chi connectivity index (χ1n) is 12.3. The van der Waals surface area contributed by atoms with Gasteiger partial charge in [-0.2, -0.15) is 0 Å². The Bertz CT molecular complexity index is 1000. The molecule has 1 saturated carbocycles. The highest BCUT2D eigenvalue weighted by Gasteiger charge is 2.54. The van der Waals surface area contributed by atoms with Crippen LogP contribution in [0.3, 0.4) is 0 Å². The molecule has 1 spiro atoms. The number of nitrogens with zero attached hydrogens (tertiary/aromatic N) is 3. The topological polar surface area (TPSA) is 57.9 Å². The van der Waals surface area contributed by atoms with E-state index in [1.165, 1.54) is 48.7 Å². The molecule has 5 rings (SSSR count). The highest BCUT2D eigenvalue weighted by atomic mass is 16.5. The number of likely N-dealkylation sites (tertiary alicyclic amines) is 1. The summed E-state index contributed by atoms with van der Waals surface area (Å²) in [4.78, 5) is 17.0. The number of rotatable bonds is 5. The van der Waals surface area contributed by atoms with Crippen molar-refractivity contribution >= 4 is 16.8 Å². The first-order chi connectivity index (χ1) is 15.5. The van der Waals surface area contributed by atoms with Gasteiger partial charge in [0.05, 0.1) is 25.3 Å². The minimum absolute atomic E-state index is 0.00290. The van der Waals surface area contributed by atoms with E-state index in [2.05, 4.69) is 28.6 Å². The Hall–Kier alpha value is -2.05. The largest absolute Gasteiger partial charge is 0.497 e. The Balaban J connectivity index is 1.60. The minimum Gasteiger partial charge on any atom is -0.497 e. The van der Waals surface area contributed by atoms with Crippen LogP contribution in [0.1, 0.15) is 62.7 Å². The number of hydrogen-bond acceptors (Lipinski definition) is 4. The van der Waals surface area contributed by atoms with Gasteiger partial charge >= 0.3 is 0 Å². The van der Waals surface area contributed by atoms with Gasteiger partial charge in [0.1, 0.15) is 5.75 Å². The predicted molar refractivity (Wildman–Crippen MR) is 126 cm³/mol. The van der Waals surface area contributed by atoms with Crippen LogP contribution < -0.4 is 4.74 Å². The second kappa shape index (κ2) is 8.38. The molecule has 2 aliphatic heterocycles. The molecule has 174 valence electrons. The average molecular weight is 440 g/mol. The fourth-order valence-corrected chi connectivity index (χ4v) is 6.70. The van der Waals surface area contributed by atoms with Crippen LogP contribution in [0, 0.1) is 5.92 Å². The van der Waals surface area contributed by atoms with Crippen LogP contribution in [-0.2, 0) is 17.3 Å². The molecule has 1 N–H and O–H groups in total. The van der Waals surface area contributed by atoms with Crippen LogP contribution >= 0.6 is 0 Å². The number of carbonyl (C=O) groups is 1. The molecule has 1 amide bonds. The van der Waals surface area contributed by atoms with Crippen LogP contribution in [0.5, 0.6) is 5.75 Å². The van der Waals surface area contributed by atoms with Crippen molar-refractivity contribution in [3.05, 3.63) is 29.5 Å². The molecule has 3 heterocycles. The second-order valence-electron chi connectivity index (χ2n) is 10.2. The van der Waals surface area contributed by atoms with E-state index in [-0.39, 0.29) is 24.0 Å². The van der Waals surface area contributed by atoms with Gasteiger partial charge in [0.15, 0.2) is 0 Å². The normalized spacial score (nSPS) is 23.4. The van der Waals surface area contributed by atoms with Crippen LogP contribution in [-0.4, -0.2) is 65.3 Å². The molecule has 1 saturated heterocycles. The highest BCUT2D eigenvalue weighted by Crippen LogP contribution is 2.50. The van der Waals surface area contributed by atoms with Gasteiger partial charge < -0.3 is 19.3 Å². The number of fused-ring (bicyclic) bond motifs is 4. The number of aliphatic hydroxyl groups excluding tert-OH is 1. The lowest BCUT2D eigenvalue weighted by molar-refractivity contribution is -0.140. The maximum absolute atomic E-state index is 12.5. The molecular formula is C26H37N3O3. The first kappa shape index (κ1) is 21.8. The Morgan fingerprint density at radius 1 is 1.19 bits per heavy atom. The van der Waals surface area contributed by atoms with Gasteiger partial charge in [-0.15, -0.1) is 0 Å². The summed E-state index contributed by atoms with van der Waals surface area (Å²) >= 11 is 0. The monoisotopic (exact) mass is 439 g/mol. The lowest BCUT2D eigenvalue weighted by Gasteiger charge is -2.57. The number of carbonyl (C=O) groups excluding carboxylic acids is 1. The zero-order chi connectivity index (χ0) is 22.5. The number of benzene rings is 1. The highest BCUT2D eigenvalue weighted by molar-refractivity contribution is 5.89. The van der Waals surface area contributed by atoms with Crippen molar-refractivity contribution in [2.45, 2.75) is 56.9 Å². The third-order valence-corrected chi connectivity index (χ3v) is 8.28. The fraction of sp³-hybridized carbons (Fsp3) is 0.654. The number of ether oxygens (including phenoxy) is 1. The molecule has 32 heavy (non-hydrogen) atoms. The van der Waals surface area contributed by atoms with E-state index in [0.717, 1.165) is 37.4 Å². The summed E-state index contributed by atoms with van der Waals surface area (Å²) in [7, 11) is 3.82. The Morgan fingerprint density at radius 2 is 1.94 bits per heavy atom. The number of aryl methyl sites for hydroxylation is 1. The van der Waals surface area contributed by atoms with E-state index >= 15 is 0 Å². The Labute approximate surface area is 191 Å². The van der Waals surface area contributed by atoms with E-state index in [1.54, 1.807) is 7.11 Å².